The molecule has 7 heteroatoms. The highest BCUT2D eigenvalue weighted by Crippen LogP contribution is 2.34. The van der Waals surface area contributed by atoms with Crippen molar-refractivity contribution < 1.29 is 4.74 Å². The van der Waals surface area contributed by atoms with Crippen molar-refractivity contribution in [2.75, 3.05) is 36.2 Å². The van der Waals surface area contributed by atoms with Gasteiger partial charge >= 0.3 is 0 Å². The Morgan fingerprint density at radius 1 is 1.29 bits per heavy atom. The molecule has 1 atom stereocenters. The van der Waals surface area contributed by atoms with Crippen molar-refractivity contribution in [2.24, 2.45) is 0 Å². The van der Waals surface area contributed by atoms with Gasteiger partial charge in [-0.15, -0.1) is 0 Å². The fraction of sp³-hybridized carbons (Fsp3) is 0.471. The van der Waals surface area contributed by atoms with Crippen LogP contribution in [0.4, 0.5) is 17.5 Å². The number of nitrogen functional groups attached to an aromatic ring is 1. The van der Waals surface area contributed by atoms with Gasteiger partial charge in [0.05, 0.1) is 31.2 Å². The van der Waals surface area contributed by atoms with E-state index in [2.05, 4.69) is 31.7 Å². The zero-order chi connectivity index (χ0) is 17.4. The minimum Gasteiger partial charge on any atom is -0.496 e. The van der Waals surface area contributed by atoms with Gasteiger partial charge in [-0.1, -0.05) is 0 Å². The Labute approximate surface area is 142 Å². The van der Waals surface area contributed by atoms with Crippen LogP contribution in [0.3, 0.4) is 0 Å². The molecule has 0 aromatic carbocycles. The summed E-state index contributed by atoms with van der Waals surface area (Å²) in [7, 11) is 3.74. The van der Waals surface area contributed by atoms with Crippen LogP contribution in [0.2, 0.25) is 0 Å². The molecule has 0 saturated carbocycles. The highest BCUT2D eigenvalue weighted by atomic mass is 16.5. The number of aromatic nitrogens is 3. The number of ether oxygens (including phenoxy) is 1. The molecule has 3 rings (SSSR count). The predicted molar refractivity (Wildman–Crippen MR) is 95.6 cm³/mol. The van der Waals surface area contributed by atoms with Crippen LogP contribution >= 0.6 is 0 Å². The second-order valence-corrected chi connectivity index (χ2v) is 6.34. The number of pyridine rings is 1. The van der Waals surface area contributed by atoms with E-state index < -0.39 is 0 Å². The summed E-state index contributed by atoms with van der Waals surface area (Å²) in [6, 6.07) is 0.283. The normalized spacial score (nSPS) is 17.0. The molecule has 2 aromatic heterocycles. The van der Waals surface area contributed by atoms with Gasteiger partial charge in [0.2, 0.25) is 5.95 Å². The SMILES string of the molecule is COc1c(C)cnc(CN2c3nc(N)ncc3N(C)C[C@@H]2C)c1C. The van der Waals surface area contributed by atoms with Crippen molar-refractivity contribution in [1.29, 1.82) is 0 Å². The van der Waals surface area contributed by atoms with Crippen LogP contribution in [0.15, 0.2) is 12.4 Å². The van der Waals surface area contributed by atoms with E-state index in [9.17, 15) is 0 Å². The molecule has 2 N–H and O–H groups in total. The van der Waals surface area contributed by atoms with E-state index in [4.69, 9.17) is 10.5 Å². The zero-order valence-corrected chi connectivity index (χ0v) is 14.9. The van der Waals surface area contributed by atoms with Crippen LogP contribution in [0.25, 0.3) is 0 Å². The second kappa shape index (κ2) is 6.14. The smallest absolute Gasteiger partial charge is 0.222 e. The lowest BCUT2D eigenvalue weighted by Gasteiger charge is -2.40. The molecule has 3 heterocycles. The van der Waals surface area contributed by atoms with Crippen molar-refractivity contribution in [3.05, 3.63) is 29.2 Å². The average molecular weight is 328 g/mol. The molecule has 1 aliphatic heterocycles. The molecule has 2 aromatic rings. The van der Waals surface area contributed by atoms with Gasteiger partial charge in [0.25, 0.3) is 0 Å². The fourth-order valence-corrected chi connectivity index (χ4v) is 3.28. The quantitative estimate of drug-likeness (QED) is 0.922. The second-order valence-electron chi connectivity index (χ2n) is 6.34. The third-order valence-corrected chi connectivity index (χ3v) is 4.59. The van der Waals surface area contributed by atoms with Gasteiger partial charge in [0, 0.05) is 37.0 Å². The number of methoxy groups -OCH3 is 1. The van der Waals surface area contributed by atoms with E-state index in [0.717, 1.165) is 40.6 Å². The molecule has 1 aliphatic rings. The summed E-state index contributed by atoms with van der Waals surface area (Å²) in [6.07, 6.45) is 3.64. The Morgan fingerprint density at radius 3 is 2.75 bits per heavy atom. The molecular formula is C17H24N6O. The maximum absolute atomic E-state index is 5.82. The van der Waals surface area contributed by atoms with Gasteiger partial charge in [0.1, 0.15) is 5.75 Å². The number of nitrogens with zero attached hydrogens (tertiary/aromatic N) is 5. The van der Waals surface area contributed by atoms with Crippen molar-refractivity contribution >= 4 is 17.5 Å². The standard InChI is InChI=1S/C17H24N6O/c1-10-6-19-13(12(3)15(10)24-5)9-23-11(2)8-22(4)14-7-20-17(18)21-16(14)23/h6-7,11H,8-9H2,1-5H3,(H2,18,20,21)/t11-/m0/s1. The number of likely N-dealkylation sites (N-methyl/N-ethyl adjacent to an activating group) is 1. The fourth-order valence-electron chi connectivity index (χ4n) is 3.28. The van der Waals surface area contributed by atoms with Crippen LogP contribution in [0, 0.1) is 13.8 Å². The number of hydrogen-bond donors (Lipinski definition) is 1. The van der Waals surface area contributed by atoms with Crippen molar-refractivity contribution in [1.82, 2.24) is 15.0 Å². The molecule has 0 aliphatic carbocycles. The maximum atomic E-state index is 5.82. The van der Waals surface area contributed by atoms with Crippen molar-refractivity contribution in [2.45, 2.75) is 33.4 Å². The minimum atomic E-state index is 0.283. The van der Waals surface area contributed by atoms with E-state index >= 15 is 0 Å². The Hall–Kier alpha value is -2.57. The monoisotopic (exact) mass is 328 g/mol. The van der Waals surface area contributed by atoms with Gasteiger partial charge in [-0.05, 0) is 20.8 Å². The number of nitrogens with two attached hydrogens (primary N) is 1. The first-order valence-corrected chi connectivity index (χ1v) is 8.01. The minimum absolute atomic E-state index is 0.283. The molecule has 0 spiro atoms. The lowest BCUT2D eigenvalue weighted by Crippen LogP contribution is -2.46. The number of hydrogen-bond acceptors (Lipinski definition) is 7. The number of anilines is 3. The molecule has 0 fully saturated rings. The summed E-state index contributed by atoms with van der Waals surface area (Å²) in [4.78, 5) is 17.6. The lowest BCUT2D eigenvalue weighted by atomic mass is 10.1. The first kappa shape index (κ1) is 16.3. The van der Waals surface area contributed by atoms with Gasteiger partial charge in [-0.2, -0.15) is 4.98 Å². The number of rotatable bonds is 3. The Morgan fingerprint density at radius 2 is 2.04 bits per heavy atom. The zero-order valence-electron chi connectivity index (χ0n) is 14.9. The summed E-state index contributed by atoms with van der Waals surface area (Å²) in [5.74, 6) is 2.03. The molecule has 7 nitrogen and oxygen atoms in total. The van der Waals surface area contributed by atoms with Gasteiger partial charge in [-0.25, -0.2) is 4.98 Å². The third-order valence-electron chi connectivity index (χ3n) is 4.59. The van der Waals surface area contributed by atoms with Crippen LogP contribution < -0.4 is 20.3 Å². The molecule has 0 radical (unpaired) electrons. The molecule has 128 valence electrons. The third kappa shape index (κ3) is 2.70. The summed E-state index contributed by atoms with van der Waals surface area (Å²) < 4.78 is 5.53. The lowest BCUT2D eigenvalue weighted by molar-refractivity contribution is 0.406. The van der Waals surface area contributed by atoms with Crippen LogP contribution in [-0.4, -0.2) is 41.7 Å². The highest BCUT2D eigenvalue weighted by molar-refractivity contribution is 5.70. The molecule has 0 saturated heterocycles. The summed E-state index contributed by atoms with van der Waals surface area (Å²) >= 11 is 0. The predicted octanol–water partition coefficient (Wildman–Crippen LogP) is 1.92. The number of aryl methyl sites for hydroxylation is 1. The van der Waals surface area contributed by atoms with Crippen molar-refractivity contribution in [3.63, 3.8) is 0 Å². The van der Waals surface area contributed by atoms with Gasteiger partial charge < -0.3 is 20.3 Å². The van der Waals surface area contributed by atoms with Crippen molar-refractivity contribution in [3.8, 4) is 5.75 Å². The Balaban J connectivity index is 2.02. The molecule has 0 amide bonds. The van der Waals surface area contributed by atoms with E-state index in [0.29, 0.717) is 6.54 Å². The first-order chi connectivity index (χ1) is 11.4. The number of fused-ring (bicyclic) bond motifs is 1. The Kier molecular flexibility index (Phi) is 4.17. The van der Waals surface area contributed by atoms with E-state index in [1.165, 1.54) is 0 Å². The van der Waals surface area contributed by atoms with E-state index in [1.54, 1.807) is 13.3 Å². The first-order valence-electron chi connectivity index (χ1n) is 8.01. The molecule has 0 bridgehead atoms. The summed E-state index contributed by atoms with van der Waals surface area (Å²) in [5.41, 5.74) is 9.89. The summed E-state index contributed by atoms with van der Waals surface area (Å²) in [6.45, 7) is 7.77. The van der Waals surface area contributed by atoms with Crippen LogP contribution in [0.1, 0.15) is 23.7 Å². The molecule has 0 unspecified atom stereocenters. The van der Waals surface area contributed by atoms with Crippen LogP contribution in [-0.2, 0) is 6.54 Å². The maximum Gasteiger partial charge on any atom is 0.222 e. The van der Waals surface area contributed by atoms with Gasteiger partial charge in [-0.3, -0.25) is 4.98 Å². The van der Waals surface area contributed by atoms with Gasteiger partial charge in [0.15, 0.2) is 5.82 Å². The van der Waals surface area contributed by atoms with E-state index in [-0.39, 0.29) is 12.0 Å². The Bertz CT molecular complexity index is 763. The average Bonchev–Trinajstić information content (AvgIpc) is 2.53. The highest BCUT2D eigenvalue weighted by Gasteiger charge is 2.29. The molecule has 24 heavy (non-hydrogen) atoms. The van der Waals surface area contributed by atoms with Crippen LogP contribution in [0.5, 0.6) is 5.75 Å². The largest absolute Gasteiger partial charge is 0.496 e. The topological polar surface area (TPSA) is 80.4 Å². The molecular weight excluding hydrogens is 304 g/mol. The summed E-state index contributed by atoms with van der Waals surface area (Å²) in [5, 5.41) is 0. The van der Waals surface area contributed by atoms with E-state index in [1.807, 2.05) is 27.1 Å².